The summed E-state index contributed by atoms with van der Waals surface area (Å²) in [5.74, 6) is 2.46. The molecule has 20 heavy (non-hydrogen) atoms. The van der Waals surface area contributed by atoms with Gasteiger partial charge in [0.1, 0.15) is 17.7 Å². The number of ether oxygens (including phenoxy) is 2. The van der Waals surface area contributed by atoms with Crippen LogP contribution < -0.4 is 14.8 Å². The lowest BCUT2D eigenvalue weighted by atomic mass is 10.1. The van der Waals surface area contributed by atoms with Crippen LogP contribution in [0.2, 0.25) is 0 Å². The van der Waals surface area contributed by atoms with Crippen molar-refractivity contribution in [3.63, 3.8) is 0 Å². The number of fused-ring (bicyclic) bond motifs is 1. The van der Waals surface area contributed by atoms with Crippen LogP contribution in [0.15, 0.2) is 42.5 Å². The minimum absolute atomic E-state index is 0.157. The average Bonchev–Trinajstić information content (AvgIpc) is 2.89. The molecule has 0 fully saturated rings. The molecule has 4 heteroatoms. The van der Waals surface area contributed by atoms with Crippen molar-refractivity contribution in [3.05, 3.63) is 48.0 Å². The highest BCUT2D eigenvalue weighted by Gasteiger charge is 2.21. The molecule has 1 atom stereocenters. The largest absolute Gasteiger partial charge is 0.488 e. The maximum Gasteiger partial charge on any atom is 0.215 e. The lowest BCUT2D eigenvalue weighted by molar-refractivity contribution is 0.246. The quantitative estimate of drug-likeness (QED) is 0.907. The molecule has 0 saturated heterocycles. The third kappa shape index (κ3) is 2.85. The summed E-state index contributed by atoms with van der Waals surface area (Å²) in [6, 6.07) is 13.9. The van der Waals surface area contributed by atoms with Crippen LogP contribution in [0.3, 0.4) is 0 Å². The third-order valence-corrected chi connectivity index (χ3v) is 3.24. The number of pyridine rings is 1. The van der Waals surface area contributed by atoms with E-state index in [0.717, 1.165) is 24.5 Å². The summed E-state index contributed by atoms with van der Waals surface area (Å²) in [6.45, 7) is 3.31. The van der Waals surface area contributed by atoms with Crippen molar-refractivity contribution in [1.29, 1.82) is 0 Å². The molecule has 104 valence electrons. The van der Waals surface area contributed by atoms with Gasteiger partial charge in [0.05, 0.1) is 13.2 Å². The highest BCUT2D eigenvalue weighted by Crippen LogP contribution is 2.28. The van der Waals surface area contributed by atoms with Crippen LogP contribution in [0.25, 0.3) is 0 Å². The van der Waals surface area contributed by atoms with Gasteiger partial charge in [-0.3, -0.25) is 0 Å². The summed E-state index contributed by atoms with van der Waals surface area (Å²) in [5.41, 5.74) is 1.27. The van der Waals surface area contributed by atoms with Crippen molar-refractivity contribution >= 4 is 5.82 Å². The topological polar surface area (TPSA) is 43.4 Å². The van der Waals surface area contributed by atoms with E-state index in [-0.39, 0.29) is 6.10 Å². The lowest BCUT2D eigenvalue weighted by Gasteiger charge is -2.13. The van der Waals surface area contributed by atoms with Gasteiger partial charge in [0.2, 0.25) is 5.88 Å². The fourth-order valence-corrected chi connectivity index (χ4v) is 2.33. The van der Waals surface area contributed by atoms with Gasteiger partial charge in [-0.15, -0.1) is 0 Å². The molecular weight excluding hydrogens is 252 g/mol. The molecule has 1 unspecified atom stereocenters. The van der Waals surface area contributed by atoms with Crippen molar-refractivity contribution in [2.45, 2.75) is 19.4 Å². The molecule has 1 aromatic heterocycles. The average molecular weight is 270 g/mol. The summed E-state index contributed by atoms with van der Waals surface area (Å²) in [4.78, 5) is 4.38. The Balaban J connectivity index is 1.57. The number of hydrogen-bond donors (Lipinski definition) is 1. The van der Waals surface area contributed by atoms with Crippen LogP contribution in [0, 0.1) is 0 Å². The summed E-state index contributed by atoms with van der Waals surface area (Å²) < 4.78 is 11.3. The van der Waals surface area contributed by atoms with Crippen molar-refractivity contribution in [2.75, 3.05) is 18.5 Å². The number of rotatable bonds is 5. The fraction of sp³-hybridized carbons (Fsp3) is 0.312. The van der Waals surface area contributed by atoms with Gasteiger partial charge in [-0.05, 0) is 24.6 Å². The summed E-state index contributed by atoms with van der Waals surface area (Å²) >= 11 is 0. The minimum atomic E-state index is 0.157. The maximum atomic E-state index is 5.88. The normalized spacial score (nSPS) is 16.4. The Labute approximate surface area is 118 Å². The second-order valence-corrected chi connectivity index (χ2v) is 4.73. The van der Waals surface area contributed by atoms with E-state index in [4.69, 9.17) is 9.47 Å². The van der Waals surface area contributed by atoms with Crippen LogP contribution in [-0.4, -0.2) is 24.2 Å². The fourth-order valence-electron chi connectivity index (χ4n) is 2.33. The summed E-state index contributed by atoms with van der Waals surface area (Å²) in [6.07, 6.45) is 1.10. The van der Waals surface area contributed by atoms with E-state index in [2.05, 4.69) is 16.4 Å². The predicted octanol–water partition coefficient (Wildman–Crippen LogP) is 2.90. The highest BCUT2D eigenvalue weighted by molar-refractivity contribution is 5.40. The number of nitrogens with zero attached hydrogens (tertiary/aromatic N) is 1. The lowest BCUT2D eigenvalue weighted by Crippen LogP contribution is -2.24. The Morgan fingerprint density at radius 3 is 3.00 bits per heavy atom. The molecule has 0 radical (unpaired) electrons. The molecule has 3 rings (SSSR count). The van der Waals surface area contributed by atoms with Gasteiger partial charge in [-0.25, -0.2) is 0 Å². The number of hydrogen-bond acceptors (Lipinski definition) is 4. The van der Waals surface area contributed by atoms with Crippen LogP contribution in [0.5, 0.6) is 11.6 Å². The number of para-hydroxylation sites is 1. The van der Waals surface area contributed by atoms with Gasteiger partial charge in [-0.2, -0.15) is 4.98 Å². The zero-order valence-electron chi connectivity index (χ0n) is 11.5. The van der Waals surface area contributed by atoms with E-state index in [1.807, 2.05) is 43.3 Å². The summed E-state index contributed by atoms with van der Waals surface area (Å²) in [5, 5.41) is 3.30. The minimum Gasteiger partial charge on any atom is -0.488 e. The van der Waals surface area contributed by atoms with E-state index in [9.17, 15) is 0 Å². The van der Waals surface area contributed by atoms with Crippen LogP contribution in [-0.2, 0) is 6.42 Å². The summed E-state index contributed by atoms with van der Waals surface area (Å²) in [7, 11) is 0. The predicted molar refractivity (Wildman–Crippen MR) is 78.5 cm³/mol. The van der Waals surface area contributed by atoms with E-state index in [0.29, 0.717) is 12.5 Å². The Morgan fingerprint density at radius 1 is 1.25 bits per heavy atom. The Morgan fingerprint density at radius 2 is 2.15 bits per heavy atom. The molecular formula is C16H18N2O2. The Kier molecular flexibility index (Phi) is 3.72. The van der Waals surface area contributed by atoms with Crippen molar-refractivity contribution in [1.82, 2.24) is 4.98 Å². The Hall–Kier alpha value is -2.23. The monoisotopic (exact) mass is 270 g/mol. The van der Waals surface area contributed by atoms with Crippen LogP contribution in [0.4, 0.5) is 5.82 Å². The molecule has 0 saturated carbocycles. The molecule has 0 amide bonds. The number of benzene rings is 1. The molecule has 1 aliphatic heterocycles. The van der Waals surface area contributed by atoms with Crippen molar-refractivity contribution < 1.29 is 9.47 Å². The molecule has 1 N–H and O–H groups in total. The van der Waals surface area contributed by atoms with E-state index in [1.54, 1.807) is 0 Å². The van der Waals surface area contributed by atoms with Crippen molar-refractivity contribution in [3.8, 4) is 11.6 Å². The van der Waals surface area contributed by atoms with E-state index >= 15 is 0 Å². The molecule has 1 aliphatic rings. The van der Waals surface area contributed by atoms with Gasteiger partial charge in [0.15, 0.2) is 0 Å². The Bertz CT molecular complexity index is 561. The molecule has 0 aliphatic carbocycles. The first-order valence-corrected chi connectivity index (χ1v) is 6.93. The van der Waals surface area contributed by atoms with Gasteiger partial charge in [0.25, 0.3) is 0 Å². The first-order valence-electron chi connectivity index (χ1n) is 6.93. The smallest absolute Gasteiger partial charge is 0.215 e. The van der Waals surface area contributed by atoms with Gasteiger partial charge in [-0.1, -0.05) is 24.3 Å². The van der Waals surface area contributed by atoms with Crippen LogP contribution in [0.1, 0.15) is 12.5 Å². The zero-order valence-corrected chi connectivity index (χ0v) is 11.5. The molecule has 0 spiro atoms. The zero-order chi connectivity index (χ0) is 13.8. The standard InChI is InChI=1S/C16H18N2O2/c1-2-19-16-9-5-8-15(18-16)17-11-13-10-12-6-3-4-7-14(12)20-13/h3-9,13H,2,10-11H2,1H3,(H,17,18). The number of nitrogens with one attached hydrogen (secondary N) is 1. The second-order valence-electron chi connectivity index (χ2n) is 4.73. The number of aromatic nitrogens is 1. The molecule has 4 nitrogen and oxygen atoms in total. The molecule has 1 aromatic carbocycles. The second kappa shape index (κ2) is 5.82. The SMILES string of the molecule is CCOc1cccc(NCC2Cc3ccccc3O2)n1. The van der Waals surface area contributed by atoms with Crippen LogP contribution >= 0.6 is 0 Å². The molecule has 0 bridgehead atoms. The number of anilines is 1. The third-order valence-electron chi connectivity index (χ3n) is 3.24. The first kappa shape index (κ1) is 12.8. The maximum absolute atomic E-state index is 5.88. The van der Waals surface area contributed by atoms with E-state index in [1.165, 1.54) is 5.56 Å². The molecule has 2 heterocycles. The van der Waals surface area contributed by atoms with Crippen molar-refractivity contribution in [2.24, 2.45) is 0 Å². The molecule has 2 aromatic rings. The van der Waals surface area contributed by atoms with Gasteiger partial charge < -0.3 is 14.8 Å². The first-order chi connectivity index (χ1) is 9.85. The van der Waals surface area contributed by atoms with Gasteiger partial charge >= 0.3 is 0 Å². The van der Waals surface area contributed by atoms with E-state index < -0.39 is 0 Å². The highest BCUT2D eigenvalue weighted by atomic mass is 16.5. The van der Waals surface area contributed by atoms with Gasteiger partial charge in [0, 0.05) is 12.5 Å².